The molecule has 0 aliphatic heterocycles. The fourth-order valence-electron chi connectivity index (χ4n) is 3.89. The SMILES string of the molecule is CCNC(=NCc1nccn1CC(C)C)NCC1(CCOCC)CCCC1.I. The van der Waals surface area contributed by atoms with E-state index in [9.17, 15) is 0 Å². The fraction of sp³-hybridized carbons (Fsp3) is 0.810. The highest BCUT2D eigenvalue weighted by Crippen LogP contribution is 2.40. The predicted octanol–water partition coefficient (Wildman–Crippen LogP) is 4.20. The van der Waals surface area contributed by atoms with E-state index in [0.717, 1.165) is 51.1 Å². The van der Waals surface area contributed by atoms with Crippen molar-refractivity contribution in [2.75, 3.05) is 26.3 Å². The first-order valence-electron chi connectivity index (χ1n) is 10.7. The summed E-state index contributed by atoms with van der Waals surface area (Å²) in [4.78, 5) is 9.28. The molecule has 0 aromatic carbocycles. The molecule has 0 spiro atoms. The third-order valence-electron chi connectivity index (χ3n) is 5.36. The van der Waals surface area contributed by atoms with Crippen molar-refractivity contribution in [2.45, 2.75) is 72.9 Å². The lowest BCUT2D eigenvalue weighted by molar-refractivity contribution is 0.105. The minimum absolute atomic E-state index is 0. The topological polar surface area (TPSA) is 63.5 Å². The van der Waals surface area contributed by atoms with Crippen molar-refractivity contribution >= 4 is 29.9 Å². The van der Waals surface area contributed by atoms with Gasteiger partial charge in [-0.1, -0.05) is 26.7 Å². The molecule has 7 heteroatoms. The van der Waals surface area contributed by atoms with Gasteiger partial charge >= 0.3 is 0 Å². The summed E-state index contributed by atoms with van der Waals surface area (Å²) in [5.74, 6) is 2.51. The Kier molecular flexibility index (Phi) is 12.1. The van der Waals surface area contributed by atoms with E-state index in [0.29, 0.717) is 17.9 Å². The zero-order chi connectivity index (χ0) is 19.5. The number of hydrogen-bond donors (Lipinski definition) is 2. The lowest BCUT2D eigenvalue weighted by atomic mass is 9.83. The number of hydrogen-bond acceptors (Lipinski definition) is 3. The first kappa shape index (κ1) is 25.2. The molecular formula is C21H40IN5O. The molecule has 162 valence electrons. The van der Waals surface area contributed by atoms with E-state index in [1.165, 1.54) is 25.7 Å². The minimum atomic E-state index is 0. The molecular weight excluding hydrogens is 465 g/mol. The van der Waals surface area contributed by atoms with Crippen LogP contribution in [0, 0.1) is 11.3 Å². The lowest BCUT2D eigenvalue weighted by Crippen LogP contribution is -2.43. The minimum Gasteiger partial charge on any atom is -0.382 e. The zero-order valence-electron chi connectivity index (χ0n) is 18.2. The monoisotopic (exact) mass is 505 g/mol. The summed E-state index contributed by atoms with van der Waals surface area (Å²) in [5.41, 5.74) is 0.349. The van der Waals surface area contributed by atoms with Crippen LogP contribution >= 0.6 is 24.0 Å². The van der Waals surface area contributed by atoms with E-state index >= 15 is 0 Å². The number of rotatable bonds is 11. The summed E-state index contributed by atoms with van der Waals surface area (Å²) in [6, 6.07) is 0. The normalized spacial score (nSPS) is 16.2. The fourth-order valence-corrected chi connectivity index (χ4v) is 3.89. The van der Waals surface area contributed by atoms with Gasteiger partial charge in [-0.2, -0.15) is 0 Å². The highest BCUT2D eigenvalue weighted by molar-refractivity contribution is 14.0. The van der Waals surface area contributed by atoms with E-state index < -0.39 is 0 Å². The van der Waals surface area contributed by atoms with Crippen molar-refractivity contribution in [2.24, 2.45) is 16.3 Å². The van der Waals surface area contributed by atoms with Gasteiger partial charge in [0.25, 0.3) is 0 Å². The number of ether oxygens (including phenoxy) is 1. The molecule has 1 heterocycles. The molecule has 1 fully saturated rings. The van der Waals surface area contributed by atoms with Gasteiger partial charge in [0.2, 0.25) is 0 Å². The van der Waals surface area contributed by atoms with Crippen LogP contribution in [-0.4, -0.2) is 41.8 Å². The molecule has 0 amide bonds. The average Bonchev–Trinajstić information content (AvgIpc) is 3.27. The first-order valence-corrected chi connectivity index (χ1v) is 10.7. The molecule has 1 saturated carbocycles. The Labute approximate surface area is 188 Å². The zero-order valence-corrected chi connectivity index (χ0v) is 20.5. The van der Waals surface area contributed by atoms with Crippen LogP contribution in [0.5, 0.6) is 0 Å². The van der Waals surface area contributed by atoms with Crippen molar-refractivity contribution in [1.29, 1.82) is 0 Å². The Hall–Kier alpha value is -0.830. The van der Waals surface area contributed by atoms with Crippen molar-refractivity contribution in [3.05, 3.63) is 18.2 Å². The lowest BCUT2D eigenvalue weighted by Gasteiger charge is -2.30. The number of imidazole rings is 1. The van der Waals surface area contributed by atoms with E-state index in [4.69, 9.17) is 9.73 Å². The highest BCUT2D eigenvalue weighted by Gasteiger charge is 2.33. The van der Waals surface area contributed by atoms with Crippen LogP contribution < -0.4 is 10.6 Å². The highest BCUT2D eigenvalue weighted by atomic mass is 127. The van der Waals surface area contributed by atoms with Gasteiger partial charge < -0.3 is 19.9 Å². The second kappa shape index (κ2) is 13.4. The number of guanidine groups is 1. The van der Waals surface area contributed by atoms with Gasteiger partial charge in [0, 0.05) is 45.2 Å². The molecule has 0 atom stereocenters. The number of nitrogens with one attached hydrogen (secondary N) is 2. The quantitative estimate of drug-likeness (QED) is 0.205. The third kappa shape index (κ3) is 8.27. The number of nitrogens with zero attached hydrogens (tertiary/aromatic N) is 3. The molecule has 6 nitrogen and oxygen atoms in total. The largest absolute Gasteiger partial charge is 0.382 e. The van der Waals surface area contributed by atoms with Crippen LogP contribution in [0.2, 0.25) is 0 Å². The molecule has 1 aromatic rings. The van der Waals surface area contributed by atoms with Crippen LogP contribution in [0.1, 0.15) is 65.6 Å². The molecule has 28 heavy (non-hydrogen) atoms. The molecule has 0 saturated heterocycles. The van der Waals surface area contributed by atoms with Crippen LogP contribution in [0.4, 0.5) is 0 Å². The summed E-state index contributed by atoms with van der Waals surface area (Å²) in [6.07, 6.45) is 10.3. The Morgan fingerprint density at radius 2 is 2.04 bits per heavy atom. The van der Waals surface area contributed by atoms with Crippen molar-refractivity contribution in [3.63, 3.8) is 0 Å². The molecule has 0 bridgehead atoms. The van der Waals surface area contributed by atoms with E-state index in [1.54, 1.807) is 0 Å². The van der Waals surface area contributed by atoms with Gasteiger partial charge in [-0.3, -0.25) is 0 Å². The van der Waals surface area contributed by atoms with Gasteiger partial charge in [-0.05, 0) is 44.4 Å². The maximum Gasteiger partial charge on any atom is 0.191 e. The number of halogens is 1. The van der Waals surface area contributed by atoms with Crippen LogP contribution in [-0.2, 0) is 17.8 Å². The predicted molar refractivity (Wildman–Crippen MR) is 127 cm³/mol. The van der Waals surface area contributed by atoms with Crippen LogP contribution in [0.15, 0.2) is 17.4 Å². The Morgan fingerprint density at radius 3 is 2.68 bits per heavy atom. The molecule has 1 aliphatic rings. The number of aromatic nitrogens is 2. The van der Waals surface area contributed by atoms with E-state index in [2.05, 4.69) is 47.9 Å². The second-order valence-corrected chi connectivity index (χ2v) is 8.09. The summed E-state index contributed by atoms with van der Waals surface area (Å²) in [7, 11) is 0. The van der Waals surface area contributed by atoms with E-state index in [1.807, 2.05) is 12.4 Å². The smallest absolute Gasteiger partial charge is 0.191 e. The van der Waals surface area contributed by atoms with Gasteiger partial charge in [-0.25, -0.2) is 9.98 Å². The van der Waals surface area contributed by atoms with Gasteiger partial charge in [0.05, 0.1) is 0 Å². The molecule has 1 aliphatic carbocycles. The third-order valence-corrected chi connectivity index (χ3v) is 5.36. The maximum atomic E-state index is 5.63. The molecule has 2 N–H and O–H groups in total. The molecule has 1 aromatic heterocycles. The summed E-state index contributed by atoms with van der Waals surface area (Å²) in [6.45, 7) is 13.7. The van der Waals surface area contributed by atoms with E-state index in [-0.39, 0.29) is 24.0 Å². The standard InChI is InChI=1S/C21H39N5O.HI/c1-5-22-20(24-15-19-23-12-13-26(19)16-18(3)4)25-17-21(9-7-8-10-21)11-14-27-6-2;/h12-13,18H,5-11,14-17H2,1-4H3,(H2,22,24,25);1H. The molecule has 2 rings (SSSR count). The Bertz CT molecular complexity index is 567. The van der Waals surface area contributed by atoms with Gasteiger partial charge in [0.15, 0.2) is 5.96 Å². The summed E-state index contributed by atoms with van der Waals surface area (Å²) < 4.78 is 7.84. The summed E-state index contributed by atoms with van der Waals surface area (Å²) in [5, 5.41) is 6.98. The molecule has 0 radical (unpaired) electrons. The first-order chi connectivity index (χ1) is 13.1. The Morgan fingerprint density at radius 1 is 1.29 bits per heavy atom. The van der Waals surface area contributed by atoms with Gasteiger partial charge in [0.1, 0.15) is 12.4 Å². The number of aliphatic imine (C=N–C) groups is 1. The van der Waals surface area contributed by atoms with Crippen LogP contribution in [0.25, 0.3) is 0 Å². The van der Waals surface area contributed by atoms with Crippen molar-refractivity contribution in [1.82, 2.24) is 20.2 Å². The Balaban J connectivity index is 0.00000392. The second-order valence-electron chi connectivity index (χ2n) is 8.09. The van der Waals surface area contributed by atoms with Crippen LogP contribution in [0.3, 0.4) is 0 Å². The average molecular weight is 505 g/mol. The maximum absolute atomic E-state index is 5.63. The van der Waals surface area contributed by atoms with Gasteiger partial charge in [-0.15, -0.1) is 24.0 Å². The van der Waals surface area contributed by atoms with Crippen molar-refractivity contribution in [3.8, 4) is 0 Å². The van der Waals surface area contributed by atoms with Crippen molar-refractivity contribution < 1.29 is 4.74 Å². The molecule has 0 unspecified atom stereocenters. The summed E-state index contributed by atoms with van der Waals surface area (Å²) >= 11 is 0.